The lowest BCUT2D eigenvalue weighted by molar-refractivity contribution is -0.0738. The number of aliphatic hydroxyl groups excluding tert-OH is 1. The summed E-state index contributed by atoms with van der Waals surface area (Å²) in [7, 11) is 0. The predicted octanol–water partition coefficient (Wildman–Crippen LogP) is 1.72. The van der Waals surface area contributed by atoms with Gasteiger partial charge in [0.05, 0.1) is 22.9 Å². The molecule has 5 heteroatoms. The van der Waals surface area contributed by atoms with E-state index in [1.807, 2.05) is 10.9 Å². The monoisotopic (exact) mass is 253 g/mol. The molecule has 102 valence electrons. The maximum absolute atomic E-state index is 8.82. The highest BCUT2D eigenvalue weighted by molar-refractivity contribution is 5.01. The third kappa shape index (κ3) is 2.72. The number of nitrogens with zero attached hydrogens (tertiary/aromatic N) is 3. The Balaban J connectivity index is 2.14. The van der Waals surface area contributed by atoms with Gasteiger partial charge in [0, 0.05) is 19.2 Å². The largest absolute Gasteiger partial charge is 0.396 e. The minimum atomic E-state index is -0.231. The van der Waals surface area contributed by atoms with Crippen LogP contribution >= 0.6 is 0 Å². The van der Waals surface area contributed by atoms with Gasteiger partial charge in [0.15, 0.2) is 0 Å². The Labute approximate surface area is 108 Å². The Morgan fingerprint density at radius 3 is 2.72 bits per heavy atom. The summed E-state index contributed by atoms with van der Waals surface area (Å²) in [4.78, 5) is 0. The van der Waals surface area contributed by atoms with E-state index in [-0.39, 0.29) is 23.9 Å². The Bertz CT molecular complexity index is 412. The summed E-state index contributed by atoms with van der Waals surface area (Å²) in [5.74, 6) is 0. The number of aromatic nitrogens is 3. The van der Waals surface area contributed by atoms with Crippen LogP contribution in [0.5, 0.6) is 0 Å². The molecule has 5 nitrogen and oxygen atoms in total. The highest BCUT2D eigenvalue weighted by Crippen LogP contribution is 2.44. The molecule has 1 fully saturated rings. The molecule has 0 spiro atoms. The molecule has 18 heavy (non-hydrogen) atoms. The van der Waals surface area contributed by atoms with Crippen LogP contribution in [0.2, 0.25) is 0 Å². The van der Waals surface area contributed by atoms with E-state index in [1.54, 1.807) is 0 Å². The Morgan fingerprint density at radius 2 is 2.17 bits per heavy atom. The van der Waals surface area contributed by atoms with Crippen LogP contribution in [-0.2, 0) is 11.2 Å². The predicted molar refractivity (Wildman–Crippen MR) is 68.3 cm³/mol. The van der Waals surface area contributed by atoms with Gasteiger partial charge in [-0.05, 0) is 40.5 Å². The lowest BCUT2D eigenvalue weighted by Gasteiger charge is -2.26. The molecule has 1 aromatic heterocycles. The molecule has 1 aliphatic heterocycles. The average molecular weight is 253 g/mol. The van der Waals surface area contributed by atoms with Crippen LogP contribution in [-0.4, -0.2) is 37.9 Å². The molecule has 0 bridgehead atoms. The van der Waals surface area contributed by atoms with Gasteiger partial charge in [0.1, 0.15) is 0 Å². The van der Waals surface area contributed by atoms with E-state index < -0.39 is 0 Å². The first kappa shape index (κ1) is 13.5. The first-order valence-corrected chi connectivity index (χ1v) is 6.56. The van der Waals surface area contributed by atoms with E-state index in [4.69, 9.17) is 9.84 Å². The van der Waals surface area contributed by atoms with Crippen molar-refractivity contribution in [2.45, 2.75) is 64.2 Å². The van der Waals surface area contributed by atoms with E-state index in [2.05, 4.69) is 38.0 Å². The molecule has 1 unspecified atom stereocenters. The van der Waals surface area contributed by atoms with Gasteiger partial charge in [-0.15, -0.1) is 5.10 Å². The molecule has 0 amide bonds. The summed E-state index contributed by atoms with van der Waals surface area (Å²) in [6.07, 6.45) is 4.41. The summed E-state index contributed by atoms with van der Waals surface area (Å²) >= 11 is 0. The molecule has 0 saturated carbocycles. The molecular formula is C13H23N3O2. The molecule has 2 rings (SSSR count). The fourth-order valence-corrected chi connectivity index (χ4v) is 2.79. The molecule has 0 radical (unpaired) electrons. The van der Waals surface area contributed by atoms with Crippen LogP contribution in [0.4, 0.5) is 0 Å². The van der Waals surface area contributed by atoms with Gasteiger partial charge in [-0.1, -0.05) is 5.21 Å². The maximum Gasteiger partial charge on any atom is 0.0858 e. The second-order valence-electron chi connectivity index (χ2n) is 6.20. The molecule has 0 aliphatic carbocycles. The van der Waals surface area contributed by atoms with Crippen molar-refractivity contribution in [3.05, 3.63) is 11.9 Å². The van der Waals surface area contributed by atoms with Crippen LogP contribution < -0.4 is 0 Å². The van der Waals surface area contributed by atoms with Gasteiger partial charge in [-0.2, -0.15) is 0 Å². The minimum absolute atomic E-state index is 0.120. The second-order valence-corrected chi connectivity index (χ2v) is 6.20. The van der Waals surface area contributed by atoms with Crippen molar-refractivity contribution in [1.82, 2.24) is 15.0 Å². The van der Waals surface area contributed by atoms with Crippen molar-refractivity contribution in [2.24, 2.45) is 0 Å². The zero-order chi connectivity index (χ0) is 13.4. The molecule has 2 heterocycles. The number of hydrogen-bond donors (Lipinski definition) is 1. The zero-order valence-corrected chi connectivity index (χ0v) is 11.7. The zero-order valence-electron chi connectivity index (χ0n) is 11.7. The Kier molecular flexibility index (Phi) is 3.47. The quantitative estimate of drug-likeness (QED) is 0.887. The van der Waals surface area contributed by atoms with Gasteiger partial charge >= 0.3 is 0 Å². The van der Waals surface area contributed by atoms with Crippen LogP contribution in [0.15, 0.2) is 6.20 Å². The first-order chi connectivity index (χ1) is 8.34. The van der Waals surface area contributed by atoms with Crippen molar-refractivity contribution in [2.75, 3.05) is 6.61 Å². The summed E-state index contributed by atoms with van der Waals surface area (Å²) in [6, 6.07) is 0.211. The van der Waals surface area contributed by atoms with Crippen molar-refractivity contribution >= 4 is 0 Å². The molecule has 1 saturated heterocycles. The van der Waals surface area contributed by atoms with Gasteiger partial charge in [-0.3, -0.25) is 0 Å². The Morgan fingerprint density at radius 1 is 1.44 bits per heavy atom. The third-order valence-electron chi connectivity index (χ3n) is 3.49. The van der Waals surface area contributed by atoms with Gasteiger partial charge in [-0.25, -0.2) is 4.68 Å². The van der Waals surface area contributed by atoms with E-state index in [0.717, 1.165) is 25.0 Å². The smallest absolute Gasteiger partial charge is 0.0858 e. The first-order valence-electron chi connectivity index (χ1n) is 6.56. The van der Waals surface area contributed by atoms with Crippen molar-refractivity contribution in [1.29, 1.82) is 0 Å². The highest BCUT2D eigenvalue weighted by Gasteiger charge is 2.47. The van der Waals surface area contributed by atoms with Crippen molar-refractivity contribution in [3.8, 4) is 0 Å². The highest BCUT2D eigenvalue weighted by atomic mass is 16.5. The van der Waals surface area contributed by atoms with Crippen molar-refractivity contribution in [3.63, 3.8) is 0 Å². The lowest BCUT2D eigenvalue weighted by atomic mass is 9.95. The molecule has 1 N–H and O–H groups in total. The van der Waals surface area contributed by atoms with Crippen molar-refractivity contribution < 1.29 is 9.84 Å². The van der Waals surface area contributed by atoms with Gasteiger partial charge < -0.3 is 9.84 Å². The fourth-order valence-electron chi connectivity index (χ4n) is 2.79. The standard InChI is InChI=1S/C13H23N3O2/c1-12(2)8-11(13(3,4)18-12)16-9-10(14-15-16)6-5-7-17/h9,11,17H,5-8H2,1-4H3. The van der Waals surface area contributed by atoms with Gasteiger partial charge in [0.2, 0.25) is 0 Å². The van der Waals surface area contributed by atoms with Crippen LogP contribution in [0.1, 0.15) is 52.3 Å². The maximum atomic E-state index is 8.82. The van der Waals surface area contributed by atoms with E-state index in [9.17, 15) is 0 Å². The summed E-state index contributed by atoms with van der Waals surface area (Å²) in [6.45, 7) is 8.61. The number of rotatable bonds is 4. The topological polar surface area (TPSA) is 60.2 Å². The molecule has 1 atom stereocenters. The number of aryl methyl sites for hydroxylation is 1. The number of ether oxygens (including phenoxy) is 1. The van der Waals surface area contributed by atoms with E-state index in [1.165, 1.54) is 0 Å². The Hall–Kier alpha value is -0.940. The summed E-state index contributed by atoms with van der Waals surface area (Å²) < 4.78 is 7.98. The van der Waals surface area contributed by atoms with Gasteiger partial charge in [0.25, 0.3) is 0 Å². The minimum Gasteiger partial charge on any atom is -0.396 e. The molecule has 1 aliphatic rings. The van der Waals surface area contributed by atoms with Crippen LogP contribution in [0, 0.1) is 0 Å². The normalized spacial score (nSPS) is 25.5. The second kappa shape index (κ2) is 4.63. The lowest BCUT2D eigenvalue weighted by Crippen LogP contribution is -2.31. The van der Waals surface area contributed by atoms with E-state index in [0.29, 0.717) is 0 Å². The SMILES string of the molecule is CC1(C)CC(n2cc(CCCO)nn2)C(C)(C)O1. The van der Waals surface area contributed by atoms with Crippen LogP contribution in [0.3, 0.4) is 0 Å². The summed E-state index contributed by atoms with van der Waals surface area (Å²) in [5, 5.41) is 17.2. The molecule has 0 aromatic carbocycles. The van der Waals surface area contributed by atoms with E-state index >= 15 is 0 Å². The molecule has 1 aromatic rings. The molecular weight excluding hydrogens is 230 g/mol. The summed E-state index contributed by atoms with van der Waals surface area (Å²) in [5.41, 5.74) is 0.584. The fraction of sp³-hybridized carbons (Fsp3) is 0.846. The number of aliphatic hydroxyl groups is 1. The third-order valence-corrected chi connectivity index (χ3v) is 3.49. The average Bonchev–Trinajstić information content (AvgIpc) is 2.77. The number of hydrogen-bond acceptors (Lipinski definition) is 4. The van der Waals surface area contributed by atoms with Crippen LogP contribution in [0.25, 0.3) is 0 Å².